The summed E-state index contributed by atoms with van der Waals surface area (Å²) in [5.41, 5.74) is 0. The predicted molar refractivity (Wildman–Crippen MR) is 85.3 cm³/mol. The molecular formula is C15H21ClN2O2S. The van der Waals surface area contributed by atoms with Crippen LogP contribution in [0.5, 0.6) is 0 Å². The summed E-state index contributed by atoms with van der Waals surface area (Å²) in [6, 6.07) is 2.94. The summed E-state index contributed by atoms with van der Waals surface area (Å²) in [6.45, 7) is 6.48. The lowest BCUT2D eigenvalue weighted by Crippen LogP contribution is -2.62. The largest absolute Gasteiger partial charge is 0.342 e. The molecule has 2 unspecified atom stereocenters. The first-order valence-electron chi connectivity index (χ1n) is 7.27. The predicted octanol–water partition coefficient (Wildman–Crippen LogP) is 3.05. The molecule has 6 heteroatoms. The molecule has 1 N–H and O–H groups in total. The van der Waals surface area contributed by atoms with Gasteiger partial charge in [0.05, 0.1) is 10.9 Å². The Morgan fingerprint density at radius 2 is 2.10 bits per heavy atom. The average molecular weight is 329 g/mol. The van der Waals surface area contributed by atoms with E-state index in [0.717, 1.165) is 4.88 Å². The number of carbonyl (C=O) groups excluding carboxylic acids is 2. The fourth-order valence-electron chi connectivity index (χ4n) is 2.65. The SMILES string of the molecule is CCC1C(=O)NC(CC(C)C)C(=O)N1Cc1ccc(Cl)s1. The van der Waals surface area contributed by atoms with Crippen molar-refractivity contribution in [2.24, 2.45) is 5.92 Å². The Morgan fingerprint density at radius 3 is 2.62 bits per heavy atom. The molecule has 0 radical (unpaired) electrons. The molecule has 0 saturated carbocycles. The third kappa shape index (κ3) is 3.77. The average Bonchev–Trinajstić information content (AvgIpc) is 2.80. The number of carbonyl (C=O) groups is 2. The third-order valence-electron chi connectivity index (χ3n) is 3.63. The summed E-state index contributed by atoms with van der Waals surface area (Å²) in [5.74, 6) is 0.320. The van der Waals surface area contributed by atoms with Crippen molar-refractivity contribution in [1.29, 1.82) is 0 Å². The molecule has 1 saturated heterocycles. The normalized spacial score (nSPS) is 22.8. The fraction of sp³-hybridized carbons (Fsp3) is 0.600. The highest BCUT2D eigenvalue weighted by atomic mass is 35.5. The molecular weight excluding hydrogens is 308 g/mol. The van der Waals surface area contributed by atoms with Gasteiger partial charge in [0.25, 0.3) is 0 Å². The van der Waals surface area contributed by atoms with Crippen LogP contribution in [0.3, 0.4) is 0 Å². The van der Waals surface area contributed by atoms with E-state index in [0.29, 0.717) is 29.6 Å². The van der Waals surface area contributed by atoms with Crippen LogP contribution in [0.15, 0.2) is 12.1 Å². The monoisotopic (exact) mass is 328 g/mol. The van der Waals surface area contributed by atoms with Crippen LogP contribution in [0.4, 0.5) is 0 Å². The van der Waals surface area contributed by atoms with E-state index in [1.165, 1.54) is 11.3 Å². The van der Waals surface area contributed by atoms with Crippen molar-refractivity contribution in [3.63, 3.8) is 0 Å². The molecule has 0 aliphatic carbocycles. The number of nitrogens with one attached hydrogen (secondary N) is 1. The fourth-order valence-corrected chi connectivity index (χ4v) is 3.74. The van der Waals surface area contributed by atoms with Crippen LogP contribution >= 0.6 is 22.9 Å². The van der Waals surface area contributed by atoms with Crippen molar-refractivity contribution in [2.45, 2.75) is 52.2 Å². The molecule has 2 atom stereocenters. The number of piperazine rings is 1. The maximum atomic E-state index is 12.7. The molecule has 2 rings (SSSR count). The highest BCUT2D eigenvalue weighted by Crippen LogP contribution is 2.26. The van der Waals surface area contributed by atoms with Gasteiger partial charge < -0.3 is 10.2 Å². The number of hydrogen-bond donors (Lipinski definition) is 1. The van der Waals surface area contributed by atoms with Crippen LogP contribution < -0.4 is 5.32 Å². The Balaban J connectivity index is 2.19. The van der Waals surface area contributed by atoms with E-state index < -0.39 is 6.04 Å². The highest BCUT2D eigenvalue weighted by molar-refractivity contribution is 7.16. The van der Waals surface area contributed by atoms with Gasteiger partial charge in [0.15, 0.2) is 0 Å². The van der Waals surface area contributed by atoms with E-state index in [-0.39, 0.29) is 17.9 Å². The number of nitrogens with zero attached hydrogens (tertiary/aromatic N) is 1. The van der Waals surface area contributed by atoms with Crippen molar-refractivity contribution < 1.29 is 9.59 Å². The van der Waals surface area contributed by atoms with E-state index in [4.69, 9.17) is 11.6 Å². The molecule has 1 aromatic rings. The zero-order valence-corrected chi connectivity index (χ0v) is 14.1. The topological polar surface area (TPSA) is 49.4 Å². The van der Waals surface area contributed by atoms with Crippen molar-refractivity contribution in [3.05, 3.63) is 21.3 Å². The summed E-state index contributed by atoms with van der Waals surface area (Å²) in [5, 5.41) is 2.87. The van der Waals surface area contributed by atoms with Crippen LogP contribution in [-0.2, 0) is 16.1 Å². The van der Waals surface area contributed by atoms with Gasteiger partial charge >= 0.3 is 0 Å². The van der Waals surface area contributed by atoms with Gasteiger partial charge in [-0.3, -0.25) is 9.59 Å². The molecule has 2 amide bonds. The second-order valence-corrected chi connectivity index (χ2v) is 7.59. The first kappa shape index (κ1) is 16.3. The Morgan fingerprint density at radius 1 is 1.38 bits per heavy atom. The Labute approximate surface area is 134 Å². The van der Waals surface area contributed by atoms with Gasteiger partial charge in [-0.15, -0.1) is 11.3 Å². The van der Waals surface area contributed by atoms with Crippen molar-refractivity contribution in [2.75, 3.05) is 0 Å². The summed E-state index contributed by atoms with van der Waals surface area (Å²) >= 11 is 7.40. The van der Waals surface area contributed by atoms with Crippen LogP contribution in [0.1, 0.15) is 38.5 Å². The van der Waals surface area contributed by atoms with Crippen LogP contribution in [0.2, 0.25) is 4.34 Å². The second kappa shape index (κ2) is 6.79. The van der Waals surface area contributed by atoms with E-state index in [1.54, 1.807) is 4.90 Å². The smallest absolute Gasteiger partial charge is 0.246 e. The minimum atomic E-state index is -0.407. The van der Waals surface area contributed by atoms with Gasteiger partial charge in [-0.25, -0.2) is 0 Å². The summed E-state index contributed by atoms with van der Waals surface area (Å²) in [6.07, 6.45) is 1.29. The van der Waals surface area contributed by atoms with Crippen molar-refractivity contribution >= 4 is 34.8 Å². The molecule has 0 spiro atoms. The van der Waals surface area contributed by atoms with E-state index in [1.807, 2.05) is 19.1 Å². The first-order chi connectivity index (χ1) is 9.92. The minimum Gasteiger partial charge on any atom is -0.342 e. The summed E-state index contributed by atoms with van der Waals surface area (Å²) in [4.78, 5) is 27.6. The molecule has 1 aliphatic rings. The lowest BCUT2D eigenvalue weighted by Gasteiger charge is -2.39. The zero-order valence-electron chi connectivity index (χ0n) is 12.6. The van der Waals surface area contributed by atoms with Crippen LogP contribution in [0.25, 0.3) is 0 Å². The lowest BCUT2D eigenvalue weighted by molar-refractivity contribution is -0.150. The molecule has 21 heavy (non-hydrogen) atoms. The maximum absolute atomic E-state index is 12.7. The Hall–Kier alpha value is -1.07. The highest BCUT2D eigenvalue weighted by Gasteiger charge is 2.39. The minimum absolute atomic E-state index is 0.0136. The van der Waals surface area contributed by atoms with E-state index >= 15 is 0 Å². The van der Waals surface area contributed by atoms with Gasteiger partial charge in [-0.05, 0) is 30.9 Å². The molecule has 116 valence electrons. The van der Waals surface area contributed by atoms with Gasteiger partial charge in [0, 0.05) is 4.88 Å². The molecule has 4 nitrogen and oxygen atoms in total. The first-order valence-corrected chi connectivity index (χ1v) is 8.46. The molecule has 2 heterocycles. The van der Waals surface area contributed by atoms with E-state index in [2.05, 4.69) is 19.2 Å². The maximum Gasteiger partial charge on any atom is 0.246 e. The molecule has 1 aliphatic heterocycles. The molecule has 0 bridgehead atoms. The summed E-state index contributed by atoms with van der Waals surface area (Å²) in [7, 11) is 0. The summed E-state index contributed by atoms with van der Waals surface area (Å²) < 4.78 is 0.700. The Bertz CT molecular complexity index is 529. The number of hydrogen-bond acceptors (Lipinski definition) is 3. The second-order valence-electron chi connectivity index (χ2n) is 5.79. The molecule has 1 aromatic heterocycles. The van der Waals surface area contributed by atoms with Gasteiger partial charge in [-0.1, -0.05) is 32.4 Å². The third-order valence-corrected chi connectivity index (χ3v) is 4.84. The van der Waals surface area contributed by atoms with Crippen LogP contribution in [-0.4, -0.2) is 28.8 Å². The zero-order chi connectivity index (χ0) is 15.6. The van der Waals surface area contributed by atoms with Crippen LogP contribution in [0, 0.1) is 5.92 Å². The van der Waals surface area contributed by atoms with Gasteiger partial charge in [0.1, 0.15) is 12.1 Å². The quantitative estimate of drug-likeness (QED) is 0.903. The Kier molecular flexibility index (Phi) is 5.27. The molecule has 0 aromatic carbocycles. The van der Waals surface area contributed by atoms with Gasteiger partial charge in [0.2, 0.25) is 11.8 Å². The molecule has 1 fully saturated rings. The number of halogens is 1. The van der Waals surface area contributed by atoms with Crippen molar-refractivity contribution in [3.8, 4) is 0 Å². The van der Waals surface area contributed by atoms with Gasteiger partial charge in [-0.2, -0.15) is 0 Å². The standard InChI is InChI=1S/C15H21ClN2O2S/c1-4-12-14(19)17-11(7-9(2)3)15(20)18(12)8-10-5-6-13(16)21-10/h5-6,9,11-12H,4,7-8H2,1-3H3,(H,17,19). The number of rotatable bonds is 5. The van der Waals surface area contributed by atoms with Crippen molar-refractivity contribution in [1.82, 2.24) is 10.2 Å². The number of amides is 2. The van der Waals surface area contributed by atoms with E-state index in [9.17, 15) is 9.59 Å². The lowest BCUT2D eigenvalue weighted by atomic mass is 9.97. The number of thiophene rings is 1.